The van der Waals surface area contributed by atoms with Crippen LogP contribution in [0.2, 0.25) is 0 Å². The molecule has 2 aromatic rings. The molecule has 6 heteroatoms. The molecule has 0 aliphatic rings. The van der Waals surface area contributed by atoms with Crippen LogP contribution >= 0.6 is 0 Å². The lowest BCUT2D eigenvalue weighted by atomic mass is 9.89. The fourth-order valence-electron chi connectivity index (χ4n) is 3.57. The summed E-state index contributed by atoms with van der Waals surface area (Å²) in [6, 6.07) is 7.38. The number of hydrogen-bond donors (Lipinski definition) is 0. The highest BCUT2D eigenvalue weighted by molar-refractivity contribution is 5.71. The second-order valence-electron chi connectivity index (χ2n) is 7.50. The summed E-state index contributed by atoms with van der Waals surface area (Å²) in [5, 5.41) is 0. The lowest BCUT2D eigenvalue weighted by molar-refractivity contribution is -0.144. The minimum atomic E-state index is -0.699. The monoisotopic (exact) mass is 414 g/mol. The van der Waals surface area contributed by atoms with E-state index in [0.29, 0.717) is 17.2 Å². The predicted molar refractivity (Wildman–Crippen MR) is 114 cm³/mol. The molecule has 0 spiro atoms. The van der Waals surface area contributed by atoms with Crippen LogP contribution in [0.1, 0.15) is 67.5 Å². The van der Waals surface area contributed by atoms with Crippen molar-refractivity contribution < 1.29 is 28.5 Å². The van der Waals surface area contributed by atoms with Crippen molar-refractivity contribution >= 4 is 11.9 Å². The van der Waals surface area contributed by atoms with E-state index in [1.54, 1.807) is 20.3 Å². The second kappa shape index (κ2) is 9.65. The Bertz CT molecular complexity index is 945. The van der Waals surface area contributed by atoms with Crippen molar-refractivity contribution in [2.24, 2.45) is 0 Å². The first kappa shape index (κ1) is 23.3. The smallest absolute Gasteiger partial charge is 0.308 e. The normalized spacial score (nSPS) is 11.8. The summed E-state index contributed by atoms with van der Waals surface area (Å²) in [6.45, 7) is 10.6. The van der Waals surface area contributed by atoms with Crippen molar-refractivity contribution in [1.82, 2.24) is 0 Å². The standard InChI is InChI=1S/C24H30O6/c1-13(2)19-11-18(12-21(27-7)24(19)28-8)23(30-17(6)26)22-14(3)9-10-20(15(22)4)29-16(5)25/h9-13,23H,1-8H3. The zero-order valence-electron chi connectivity index (χ0n) is 18.9. The van der Waals surface area contributed by atoms with Crippen LogP contribution in [0.5, 0.6) is 17.2 Å². The number of aryl methyl sites for hydroxylation is 1. The number of carbonyl (C=O) groups is 2. The summed E-state index contributed by atoms with van der Waals surface area (Å²) in [5.74, 6) is 0.969. The zero-order valence-corrected chi connectivity index (χ0v) is 18.9. The van der Waals surface area contributed by atoms with Gasteiger partial charge in [-0.15, -0.1) is 0 Å². The van der Waals surface area contributed by atoms with Crippen LogP contribution in [0, 0.1) is 13.8 Å². The molecule has 0 aliphatic heterocycles. The minimum Gasteiger partial charge on any atom is -0.493 e. The zero-order chi connectivity index (χ0) is 22.6. The van der Waals surface area contributed by atoms with Crippen molar-refractivity contribution in [3.8, 4) is 17.2 Å². The van der Waals surface area contributed by atoms with E-state index in [9.17, 15) is 9.59 Å². The Morgan fingerprint density at radius 3 is 2.07 bits per heavy atom. The SMILES string of the molecule is COc1cc(C(OC(C)=O)c2c(C)ccc(OC(C)=O)c2C)cc(C(C)C)c1OC. The van der Waals surface area contributed by atoms with Gasteiger partial charge in [-0.1, -0.05) is 19.9 Å². The van der Waals surface area contributed by atoms with Crippen molar-refractivity contribution in [3.05, 3.63) is 52.1 Å². The first-order valence-electron chi connectivity index (χ1n) is 9.82. The molecule has 0 bridgehead atoms. The Kier molecular flexibility index (Phi) is 7.48. The van der Waals surface area contributed by atoms with Gasteiger partial charge in [0, 0.05) is 30.5 Å². The molecule has 30 heavy (non-hydrogen) atoms. The molecule has 0 aliphatic carbocycles. The fourth-order valence-corrected chi connectivity index (χ4v) is 3.57. The van der Waals surface area contributed by atoms with E-state index in [-0.39, 0.29) is 5.92 Å². The van der Waals surface area contributed by atoms with E-state index in [1.165, 1.54) is 13.8 Å². The summed E-state index contributed by atoms with van der Waals surface area (Å²) in [6.07, 6.45) is -0.699. The van der Waals surface area contributed by atoms with Crippen LogP contribution in [0.4, 0.5) is 0 Å². The van der Waals surface area contributed by atoms with E-state index < -0.39 is 18.0 Å². The van der Waals surface area contributed by atoms with Crippen LogP contribution in [0.3, 0.4) is 0 Å². The molecule has 0 fully saturated rings. The Balaban J connectivity index is 2.78. The molecule has 1 unspecified atom stereocenters. The van der Waals surface area contributed by atoms with Gasteiger partial charge in [0.25, 0.3) is 0 Å². The third kappa shape index (κ3) is 4.93. The van der Waals surface area contributed by atoms with Crippen molar-refractivity contribution in [2.75, 3.05) is 14.2 Å². The summed E-state index contributed by atoms with van der Waals surface area (Å²) >= 11 is 0. The first-order chi connectivity index (χ1) is 14.1. The third-order valence-electron chi connectivity index (χ3n) is 4.94. The van der Waals surface area contributed by atoms with Gasteiger partial charge >= 0.3 is 11.9 Å². The van der Waals surface area contributed by atoms with Gasteiger partial charge in [0.2, 0.25) is 0 Å². The van der Waals surface area contributed by atoms with Crippen molar-refractivity contribution in [3.63, 3.8) is 0 Å². The highest BCUT2D eigenvalue weighted by atomic mass is 16.5. The molecule has 0 saturated heterocycles. The Labute approximate surface area is 178 Å². The lowest BCUT2D eigenvalue weighted by Crippen LogP contribution is -2.15. The molecule has 2 rings (SSSR count). The quantitative estimate of drug-likeness (QED) is 0.468. The number of ether oxygens (including phenoxy) is 4. The summed E-state index contributed by atoms with van der Waals surface area (Å²) in [7, 11) is 3.17. The van der Waals surface area contributed by atoms with Gasteiger partial charge in [0.05, 0.1) is 14.2 Å². The average molecular weight is 414 g/mol. The summed E-state index contributed by atoms with van der Waals surface area (Å²) in [4.78, 5) is 23.5. The molecular weight excluding hydrogens is 384 g/mol. The van der Waals surface area contributed by atoms with Gasteiger partial charge in [0.1, 0.15) is 5.75 Å². The third-order valence-corrected chi connectivity index (χ3v) is 4.94. The van der Waals surface area contributed by atoms with Crippen LogP contribution in [0.25, 0.3) is 0 Å². The molecule has 0 radical (unpaired) electrons. The predicted octanol–water partition coefficient (Wildman–Crippen LogP) is 5.02. The largest absolute Gasteiger partial charge is 0.493 e. The average Bonchev–Trinajstić information content (AvgIpc) is 2.67. The maximum atomic E-state index is 12.0. The number of rotatable bonds is 7. The lowest BCUT2D eigenvalue weighted by Gasteiger charge is -2.25. The summed E-state index contributed by atoms with van der Waals surface area (Å²) < 4.78 is 22.3. The molecule has 0 amide bonds. The van der Waals surface area contributed by atoms with Gasteiger partial charge in [-0.25, -0.2) is 0 Å². The van der Waals surface area contributed by atoms with Gasteiger partial charge in [-0.2, -0.15) is 0 Å². The van der Waals surface area contributed by atoms with E-state index >= 15 is 0 Å². The number of esters is 2. The van der Waals surface area contributed by atoms with Crippen LogP contribution in [-0.2, 0) is 14.3 Å². The van der Waals surface area contributed by atoms with Crippen LogP contribution < -0.4 is 14.2 Å². The van der Waals surface area contributed by atoms with Gasteiger partial charge in [0.15, 0.2) is 17.6 Å². The maximum Gasteiger partial charge on any atom is 0.308 e. The molecule has 0 N–H and O–H groups in total. The Hall–Kier alpha value is -3.02. The molecule has 1 atom stereocenters. The number of hydrogen-bond acceptors (Lipinski definition) is 6. The Morgan fingerprint density at radius 1 is 0.900 bits per heavy atom. The van der Waals surface area contributed by atoms with Gasteiger partial charge in [-0.05, 0) is 49.1 Å². The van der Waals surface area contributed by atoms with Crippen molar-refractivity contribution in [2.45, 2.75) is 53.6 Å². The fraction of sp³-hybridized carbons (Fsp3) is 0.417. The van der Waals surface area contributed by atoms with Gasteiger partial charge < -0.3 is 18.9 Å². The molecule has 2 aromatic carbocycles. The number of methoxy groups -OCH3 is 2. The Morgan fingerprint density at radius 2 is 1.57 bits per heavy atom. The second-order valence-corrected chi connectivity index (χ2v) is 7.50. The summed E-state index contributed by atoms with van der Waals surface area (Å²) in [5.41, 5.74) is 4.10. The van der Waals surface area contributed by atoms with Gasteiger partial charge in [-0.3, -0.25) is 9.59 Å². The van der Waals surface area contributed by atoms with E-state index in [0.717, 1.165) is 27.8 Å². The maximum absolute atomic E-state index is 12.0. The van der Waals surface area contributed by atoms with E-state index in [4.69, 9.17) is 18.9 Å². The molecular formula is C24H30O6. The highest BCUT2D eigenvalue weighted by Gasteiger charge is 2.27. The molecule has 6 nitrogen and oxygen atoms in total. The van der Waals surface area contributed by atoms with E-state index in [2.05, 4.69) is 13.8 Å². The number of benzene rings is 2. The highest BCUT2D eigenvalue weighted by Crippen LogP contribution is 2.42. The topological polar surface area (TPSA) is 71.1 Å². The minimum absolute atomic E-state index is 0.154. The molecule has 0 saturated carbocycles. The van der Waals surface area contributed by atoms with Crippen LogP contribution in [-0.4, -0.2) is 26.2 Å². The number of carbonyl (C=O) groups excluding carboxylic acids is 2. The first-order valence-corrected chi connectivity index (χ1v) is 9.82. The van der Waals surface area contributed by atoms with E-state index in [1.807, 2.05) is 32.0 Å². The molecule has 0 aromatic heterocycles. The molecule has 0 heterocycles. The van der Waals surface area contributed by atoms with Crippen LogP contribution in [0.15, 0.2) is 24.3 Å². The molecule has 162 valence electrons. The van der Waals surface area contributed by atoms with Crippen molar-refractivity contribution in [1.29, 1.82) is 0 Å².